The lowest BCUT2D eigenvalue weighted by atomic mass is 9.92. The summed E-state index contributed by atoms with van der Waals surface area (Å²) in [6.07, 6.45) is 4.32. The topological polar surface area (TPSA) is 58.1 Å². The van der Waals surface area contributed by atoms with Crippen LogP contribution in [0.4, 0.5) is 5.82 Å². The highest BCUT2D eigenvalue weighted by Crippen LogP contribution is 2.35. The van der Waals surface area contributed by atoms with Crippen molar-refractivity contribution in [3.8, 4) is 11.5 Å². The van der Waals surface area contributed by atoms with Crippen LogP contribution < -0.4 is 14.4 Å². The molecular formula is C22H31N3O3. The van der Waals surface area contributed by atoms with Crippen molar-refractivity contribution in [2.75, 3.05) is 51.8 Å². The molecule has 2 aliphatic rings. The zero-order valence-corrected chi connectivity index (χ0v) is 17.2. The van der Waals surface area contributed by atoms with Crippen molar-refractivity contribution in [3.63, 3.8) is 0 Å². The first-order chi connectivity index (χ1) is 13.5. The van der Waals surface area contributed by atoms with Gasteiger partial charge in [-0.25, -0.2) is 4.98 Å². The number of hydrogen-bond acceptors (Lipinski definition) is 6. The second kappa shape index (κ2) is 7.76. The van der Waals surface area contributed by atoms with Crippen LogP contribution >= 0.6 is 0 Å². The molecule has 0 unspecified atom stereocenters. The third-order valence-electron chi connectivity index (χ3n) is 6.10. The Balaban J connectivity index is 1.64. The molecule has 28 heavy (non-hydrogen) atoms. The Morgan fingerprint density at radius 3 is 2.57 bits per heavy atom. The van der Waals surface area contributed by atoms with Crippen molar-refractivity contribution >= 4 is 16.7 Å². The zero-order valence-electron chi connectivity index (χ0n) is 17.2. The van der Waals surface area contributed by atoms with E-state index in [0.717, 1.165) is 67.1 Å². The Morgan fingerprint density at radius 2 is 1.86 bits per heavy atom. The quantitative estimate of drug-likeness (QED) is 0.854. The van der Waals surface area contributed by atoms with E-state index in [4.69, 9.17) is 14.5 Å². The van der Waals surface area contributed by atoms with Gasteiger partial charge in [0, 0.05) is 31.1 Å². The Bertz CT molecular complexity index is 851. The van der Waals surface area contributed by atoms with E-state index >= 15 is 0 Å². The number of aromatic nitrogens is 1. The first kappa shape index (κ1) is 19.3. The second-order valence-electron chi connectivity index (χ2n) is 8.26. The molecule has 1 aromatic carbocycles. The minimum absolute atomic E-state index is 0.625. The number of methoxy groups -OCH3 is 2. The number of β-amino-alcohol motifs (C(OH)–C–C–N with tert-alkyl or cyclic N) is 1. The summed E-state index contributed by atoms with van der Waals surface area (Å²) in [4.78, 5) is 9.56. The molecule has 2 saturated heterocycles. The number of benzene rings is 1. The molecule has 2 aromatic rings. The summed E-state index contributed by atoms with van der Waals surface area (Å²) in [5.41, 5.74) is 1.30. The number of fused-ring (bicyclic) bond motifs is 1. The first-order valence-electron chi connectivity index (χ1n) is 10.2. The summed E-state index contributed by atoms with van der Waals surface area (Å²) < 4.78 is 11.0. The number of aliphatic hydroxyl groups is 1. The van der Waals surface area contributed by atoms with E-state index in [1.807, 2.05) is 12.1 Å². The SMILES string of the molecule is COc1cc(OC)c2nc(N3CCC[C@](O)(CN4CCCC4)C3)cc(C)c2c1. The molecule has 1 aromatic heterocycles. The molecule has 0 amide bonds. The van der Waals surface area contributed by atoms with Gasteiger partial charge in [0.25, 0.3) is 0 Å². The molecule has 3 heterocycles. The molecule has 6 heteroatoms. The van der Waals surface area contributed by atoms with Gasteiger partial charge in [0.05, 0.1) is 19.8 Å². The molecular weight excluding hydrogens is 354 g/mol. The van der Waals surface area contributed by atoms with Gasteiger partial charge in [0.1, 0.15) is 22.8 Å². The van der Waals surface area contributed by atoms with Crippen LogP contribution in [0.1, 0.15) is 31.2 Å². The molecule has 152 valence electrons. The Hall–Kier alpha value is -2.05. The number of hydrogen-bond donors (Lipinski definition) is 1. The number of aryl methyl sites for hydroxylation is 1. The number of ether oxygens (including phenoxy) is 2. The first-order valence-corrected chi connectivity index (χ1v) is 10.2. The van der Waals surface area contributed by atoms with Crippen LogP contribution in [0.3, 0.4) is 0 Å². The van der Waals surface area contributed by atoms with Crippen LogP contribution in [0.2, 0.25) is 0 Å². The lowest BCUT2D eigenvalue weighted by molar-refractivity contribution is -0.00236. The van der Waals surface area contributed by atoms with Gasteiger partial charge in [-0.15, -0.1) is 0 Å². The van der Waals surface area contributed by atoms with E-state index in [1.54, 1.807) is 14.2 Å². The smallest absolute Gasteiger partial charge is 0.148 e. The van der Waals surface area contributed by atoms with E-state index < -0.39 is 5.60 Å². The van der Waals surface area contributed by atoms with E-state index in [9.17, 15) is 5.11 Å². The normalized spacial score (nSPS) is 23.4. The van der Waals surface area contributed by atoms with Gasteiger partial charge in [0.2, 0.25) is 0 Å². The molecule has 2 fully saturated rings. The van der Waals surface area contributed by atoms with Crippen molar-refractivity contribution < 1.29 is 14.6 Å². The molecule has 0 saturated carbocycles. The van der Waals surface area contributed by atoms with Crippen LogP contribution in [0.25, 0.3) is 10.9 Å². The fourth-order valence-electron chi connectivity index (χ4n) is 4.65. The molecule has 4 rings (SSSR count). The third-order valence-corrected chi connectivity index (χ3v) is 6.10. The number of anilines is 1. The maximum absolute atomic E-state index is 11.3. The zero-order chi connectivity index (χ0) is 19.7. The summed E-state index contributed by atoms with van der Waals surface area (Å²) in [5, 5.41) is 12.3. The highest BCUT2D eigenvalue weighted by Gasteiger charge is 2.36. The van der Waals surface area contributed by atoms with Gasteiger partial charge < -0.3 is 24.4 Å². The lowest BCUT2D eigenvalue weighted by Crippen LogP contribution is -2.54. The fraction of sp³-hybridized carbons (Fsp3) is 0.591. The van der Waals surface area contributed by atoms with Crippen LogP contribution in [-0.4, -0.2) is 67.5 Å². The highest BCUT2D eigenvalue weighted by molar-refractivity contribution is 5.90. The Labute approximate surface area is 167 Å². The van der Waals surface area contributed by atoms with E-state index in [1.165, 1.54) is 12.8 Å². The largest absolute Gasteiger partial charge is 0.497 e. The summed E-state index contributed by atoms with van der Waals surface area (Å²) >= 11 is 0. The second-order valence-corrected chi connectivity index (χ2v) is 8.26. The predicted octanol–water partition coefficient (Wildman–Crippen LogP) is 2.99. The summed E-state index contributed by atoms with van der Waals surface area (Å²) in [6, 6.07) is 5.99. The molecule has 1 atom stereocenters. The summed E-state index contributed by atoms with van der Waals surface area (Å²) in [6.45, 7) is 6.60. The average Bonchev–Trinajstić information content (AvgIpc) is 3.19. The maximum atomic E-state index is 11.3. The molecule has 2 aliphatic heterocycles. The molecule has 0 spiro atoms. The molecule has 6 nitrogen and oxygen atoms in total. The molecule has 0 aliphatic carbocycles. The van der Waals surface area contributed by atoms with Crippen molar-refractivity contribution in [2.24, 2.45) is 0 Å². The van der Waals surface area contributed by atoms with Gasteiger partial charge in [-0.3, -0.25) is 0 Å². The summed E-state index contributed by atoms with van der Waals surface area (Å²) in [5.74, 6) is 2.39. The van der Waals surface area contributed by atoms with Crippen molar-refractivity contribution in [1.29, 1.82) is 0 Å². The van der Waals surface area contributed by atoms with Crippen LogP contribution in [0, 0.1) is 6.92 Å². The van der Waals surface area contributed by atoms with E-state index in [0.29, 0.717) is 12.3 Å². The van der Waals surface area contributed by atoms with E-state index in [2.05, 4.69) is 22.8 Å². The Kier molecular flexibility index (Phi) is 5.34. The van der Waals surface area contributed by atoms with Crippen molar-refractivity contribution in [1.82, 2.24) is 9.88 Å². The minimum atomic E-state index is -0.670. The predicted molar refractivity (Wildman–Crippen MR) is 112 cm³/mol. The van der Waals surface area contributed by atoms with Gasteiger partial charge in [-0.2, -0.15) is 0 Å². The summed E-state index contributed by atoms with van der Waals surface area (Å²) in [7, 11) is 3.32. The number of likely N-dealkylation sites (tertiary alicyclic amines) is 1. The molecule has 1 N–H and O–H groups in total. The van der Waals surface area contributed by atoms with Gasteiger partial charge >= 0.3 is 0 Å². The number of rotatable bonds is 5. The van der Waals surface area contributed by atoms with Gasteiger partial charge in [0.15, 0.2) is 0 Å². The molecule has 0 radical (unpaired) electrons. The van der Waals surface area contributed by atoms with Crippen LogP contribution in [0.5, 0.6) is 11.5 Å². The minimum Gasteiger partial charge on any atom is -0.497 e. The van der Waals surface area contributed by atoms with Crippen molar-refractivity contribution in [3.05, 3.63) is 23.8 Å². The van der Waals surface area contributed by atoms with Crippen molar-refractivity contribution in [2.45, 2.75) is 38.2 Å². The standard InChI is InChI=1S/C22H31N3O3/c1-16-11-20(23-21-18(16)12-17(27-2)13-19(21)28-3)25-10-6-7-22(26,15-25)14-24-8-4-5-9-24/h11-13,26H,4-10,14-15H2,1-3H3/t22-/m0/s1. The van der Waals surface area contributed by atoms with Crippen LogP contribution in [0.15, 0.2) is 18.2 Å². The Morgan fingerprint density at radius 1 is 1.07 bits per heavy atom. The monoisotopic (exact) mass is 385 g/mol. The number of pyridine rings is 1. The molecule has 0 bridgehead atoms. The maximum Gasteiger partial charge on any atom is 0.148 e. The van der Waals surface area contributed by atoms with Gasteiger partial charge in [-0.05, 0) is 63.4 Å². The fourth-order valence-corrected chi connectivity index (χ4v) is 4.65. The van der Waals surface area contributed by atoms with Crippen LogP contribution in [-0.2, 0) is 0 Å². The van der Waals surface area contributed by atoms with E-state index in [-0.39, 0.29) is 0 Å². The number of piperidine rings is 1. The highest BCUT2D eigenvalue weighted by atomic mass is 16.5. The average molecular weight is 386 g/mol. The number of nitrogens with zero attached hydrogens (tertiary/aromatic N) is 3. The lowest BCUT2D eigenvalue weighted by Gasteiger charge is -2.41. The third kappa shape index (κ3) is 3.76. The van der Waals surface area contributed by atoms with Gasteiger partial charge in [-0.1, -0.05) is 0 Å².